The Kier molecular flexibility index (Phi) is 10.6. The molecule has 4 aromatic carbocycles. The average Bonchev–Trinajstić information content (AvgIpc) is 3.63. The van der Waals surface area contributed by atoms with Crippen molar-refractivity contribution in [3.63, 3.8) is 0 Å². The van der Waals surface area contributed by atoms with Gasteiger partial charge in [-0.05, 0) is 84.8 Å². The van der Waals surface area contributed by atoms with Crippen LogP contribution in [0.25, 0.3) is 11.1 Å². The van der Waals surface area contributed by atoms with Crippen molar-refractivity contribution in [2.45, 2.75) is 38.3 Å². The number of hydrogen-bond acceptors (Lipinski definition) is 6. The first-order chi connectivity index (χ1) is 23.0. The number of nitrogens with one attached hydrogen (secondary N) is 1. The molecule has 0 saturated carbocycles. The van der Waals surface area contributed by atoms with E-state index in [0.29, 0.717) is 48.3 Å². The molecule has 1 heterocycles. The third kappa shape index (κ3) is 8.09. The van der Waals surface area contributed by atoms with E-state index in [0.717, 1.165) is 30.5 Å². The smallest absolute Gasteiger partial charge is 0.416 e. The Labute approximate surface area is 275 Å². The molecule has 8 nitrogen and oxygen atoms in total. The second-order valence-electron chi connectivity index (χ2n) is 11.3. The van der Waals surface area contributed by atoms with Crippen molar-refractivity contribution in [2.75, 3.05) is 25.5 Å². The van der Waals surface area contributed by atoms with E-state index in [-0.39, 0.29) is 29.2 Å². The minimum absolute atomic E-state index is 0.0458. The van der Waals surface area contributed by atoms with E-state index in [2.05, 4.69) is 5.32 Å². The predicted octanol–water partition coefficient (Wildman–Crippen LogP) is 7.58. The van der Waals surface area contributed by atoms with Crippen molar-refractivity contribution >= 4 is 29.4 Å². The van der Waals surface area contributed by atoms with Gasteiger partial charge in [-0.2, -0.15) is 13.2 Å². The van der Waals surface area contributed by atoms with Crippen molar-refractivity contribution in [2.24, 2.45) is 0 Å². The maximum atomic E-state index is 13.6. The van der Waals surface area contributed by atoms with Gasteiger partial charge in [-0.25, -0.2) is 4.79 Å². The van der Waals surface area contributed by atoms with Gasteiger partial charge in [0.25, 0.3) is 11.8 Å². The minimum Gasteiger partial charge on any atom is -0.465 e. The molecule has 0 radical (unpaired) electrons. The molecular formula is C37H33F3N2O6. The topological polar surface area (TPSA) is 102 Å². The third-order valence-electron chi connectivity index (χ3n) is 8.01. The molecule has 11 heteroatoms. The van der Waals surface area contributed by atoms with Crippen molar-refractivity contribution < 1.29 is 41.8 Å². The molecular weight excluding hydrogens is 625 g/mol. The Morgan fingerprint density at radius 2 is 1.48 bits per heavy atom. The molecule has 248 valence electrons. The standard InChI is InChI=1S/C37H33F3N2O6/c1-47-36(46)29-12-4-5-13-32(29)48-33(43)14-8-9-24-15-20-31(30(23-24)35(45)42-21-6-7-22-42)41-34(44)28-11-3-2-10-27(28)25-16-18-26(19-17-25)37(38,39)40/h2-5,10-13,15-20,23H,6-9,14,21-22H2,1H3,(H,41,44). The number of amides is 2. The zero-order chi connectivity index (χ0) is 34.3. The molecule has 1 aliphatic heterocycles. The lowest BCUT2D eigenvalue weighted by atomic mass is 9.97. The van der Waals surface area contributed by atoms with Gasteiger partial charge < -0.3 is 19.7 Å². The Hall–Kier alpha value is -5.45. The fraction of sp³-hybridized carbons (Fsp3) is 0.243. The van der Waals surface area contributed by atoms with E-state index in [1.807, 2.05) is 0 Å². The lowest BCUT2D eigenvalue weighted by Crippen LogP contribution is -2.29. The first kappa shape index (κ1) is 33.9. The van der Waals surface area contributed by atoms with Crippen molar-refractivity contribution in [1.82, 2.24) is 4.90 Å². The van der Waals surface area contributed by atoms with Crippen molar-refractivity contribution in [1.29, 1.82) is 0 Å². The SMILES string of the molecule is COC(=O)c1ccccc1OC(=O)CCCc1ccc(NC(=O)c2ccccc2-c2ccc(C(F)(F)F)cc2)c(C(=O)N2CCCC2)c1. The van der Waals surface area contributed by atoms with Crippen LogP contribution in [0.3, 0.4) is 0 Å². The fourth-order valence-corrected chi connectivity index (χ4v) is 5.53. The maximum absolute atomic E-state index is 13.6. The second-order valence-corrected chi connectivity index (χ2v) is 11.3. The number of para-hydroxylation sites is 1. The zero-order valence-corrected chi connectivity index (χ0v) is 26.1. The van der Waals surface area contributed by atoms with Gasteiger partial charge in [-0.1, -0.05) is 48.5 Å². The van der Waals surface area contributed by atoms with Crippen LogP contribution < -0.4 is 10.1 Å². The molecule has 0 spiro atoms. The van der Waals surface area contributed by atoms with Crippen LogP contribution in [0, 0.1) is 0 Å². The number of alkyl halides is 3. The van der Waals surface area contributed by atoms with Gasteiger partial charge >= 0.3 is 18.1 Å². The monoisotopic (exact) mass is 658 g/mol. The van der Waals surface area contributed by atoms with E-state index < -0.39 is 29.6 Å². The summed E-state index contributed by atoms with van der Waals surface area (Å²) in [6.07, 6.45) is -1.88. The normalized spacial score (nSPS) is 12.8. The number of benzene rings is 4. The van der Waals surface area contributed by atoms with Gasteiger partial charge in [0.2, 0.25) is 0 Å². The minimum atomic E-state index is -4.48. The number of anilines is 1. The Bertz CT molecular complexity index is 1810. The maximum Gasteiger partial charge on any atom is 0.416 e. The van der Waals surface area contributed by atoms with Crippen molar-refractivity contribution in [3.8, 4) is 16.9 Å². The Morgan fingerprint density at radius 3 is 2.17 bits per heavy atom. The number of methoxy groups -OCH3 is 1. The zero-order valence-electron chi connectivity index (χ0n) is 26.1. The van der Waals surface area contributed by atoms with Crippen LogP contribution >= 0.6 is 0 Å². The molecule has 1 N–H and O–H groups in total. The van der Waals surface area contributed by atoms with E-state index in [9.17, 15) is 32.3 Å². The molecule has 1 fully saturated rings. The van der Waals surface area contributed by atoms with Crippen LogP contribution in [0.4, 0.5) is 18.9 Å². The highest BCUT2D eigenvalue weighted by atomic mass is 19.4. The number of esters is 2. The summed E-state index contributed by atoms with van der Waals surface area (Å²) >= 11 is 0. The van der Waals surface area contributed by atoms with E-state index in [1.54, 1.807) is 59.5 Å². The van der Waals surface area contributed by atoms with Crippen LogP contribution in [0.1, 0.15) is 67.9 Å². The summed E-state index contributed by atoms with van der Waals surface area (Å²) in [5.41, 5.74) is 1.80. The van der Waals surface area contributed by atoms with E-state index in [4.69, 9.17) is 9.47 Å². The van der Waals surface area contributed by atoms with Gasteiger partial charge in [0.15, 0.2) is 0 Å². The molecule has 0 atom stereocenters. The van der Waals surface area contributed by atoms with Gasteiger partial charge in [0, 0.05) is 25.1 Å². The van der Waals surface area contributed by atoms with Crippen molar-refractivity contribution in [3.05, 3.63) is 119 Å². The highest BCUT2D eigenvalue weighted by molar-refractivity contribution is 6.12. The number of hydrogen-bond donors (Lipinski definition) is 1. The highest BCUT2D eigenvalue weighted by Crippen LogP contribution is 2.32. The number of carbonyl (C=O) groups excluding carboxylic acids is 4. The van der Waals surface area contributed by atoms with Crippen LogP contribution in [0.2, 0.25) is 0 Å². The first-order valence-electron chi connectivity index (χ1n) is 15.4. The van der Waals surface area contributed by atoms with Gasteiger partial charge in [-0.3, -0.25) is 14.4 Å². The largest absolute Gasteiger partial charge is 0.465 e. The van der Waals surface area contributed by atoms with Gasteiger partial charge in [0.1, 0.15) is 11.3 Å². The molecule has 0 aromatic heterocycles. The summed E-state index contributed by atoms with van der Waals surface area (Å²) in [7, 11) is 1.24. The summed E-state index contributed by atoms with van der Waals surface area (Å²) in [6, 6.07) is 22.5. The highest BCUT2D eigenvalue weighted by Gasteiger charge is 2.30. The third-order valence-corrected chi connectivity index (χ3v) is 8.01. The van der Waals surface area contributed by atoms with Crippen LogP contribution in [-0.2, 0) is 22.1 Å². The molecule has 0 bridgehead atoms. The number of rotatable bonds is 10. The molecule has 0 aliphatic carbocycles. The number of halogens is 3. The molecule has 4 aromatic rings. The average molecular weight is 659 g/mol. The van der Waals surface area contributed by atoms with E-state index in [1.165, 1.54) is 31.4 Å². The molecule has 48 heavy (non-hydrogen) atoms. The molecule has 2 amide bonds. The lowest BCUT2D eigenvalue weighted by Gasteiger charge is -2.19. The number of ether oxygens (including phenoxy) is 2. The van der Waals surface area contributed by atoms with Crippen LogP contribution in [0.5, 0.6) is 5.75 Å². The molecule has 0 unspecified atom stereocenters. The summed E-state index contributed by atoms with van der Waals surface area (Å²) in [5.74, 6) is -1.81. The number of carbonyl (C=O) groups is 4. The summed E-state index contributed by atoms with van der Waals surface area (Å²) in [6.45, 7) is 1.18. The van der Waals surface area contributed by atoms with Crippen LogP contribution in [0.15, 0.2) is 91.0 Å². The predicted molar refractivity (Wildman–Crippen MR) is 173 cm³/mol. The summed E-state index contributed by atoms with van der Waals surface area (Å²) in [4.78, 5) is 53.5. The van der Waals surface area contributed by atoms with Gasteiger partial charge in [-0.15, -0.1) is 0 Å². The Balaban J connectivity index is 1.32. The summed E-state index contributed by atoms with van der Waals surface area (Å²) < 4.78 is 49.5. The van der Waals surface area contributed by atoms with Crippen LogP contribution in [-0.4, -0.2) is 48.9 Å². The summed E-state index contributed by atoms with van der Waals surface area (Å²) in [5, 5.41) is 2.85. The molecule has 1 saturated heterocycles. The molecule has 5 rings (SSSR count). The molecule has 1 aliphatic rings. The number of likely N-dealkylation sites (tertiary alicyclic amines) is 1. The van der Waals surface area contributed by atoms with Gasteiger partial charge in [0.05, 0.1) is 23.9 Å². The lowest BCUT2D eigenvalue weighted by molar-refractivity contribution is -0.137. The fourth-order valence-electron chi connectivity index (χ4n) is 5.53. The quantitative estimate of drug-likeness (QED) is 0.139. The number of aryl methyl sites for hydroxylation is 1. The van der Waals surface area contributed by atoms with E-state index >= 15 is 0 Å². The first-order valence-corrected chi connectivity index (χ1v) is 15.4. The second kappa shape index (κ2) is 15.0. The number of nitrogens with zero attached hydrogens (tertiary/aromatic N) is 1. The Morgan fingerprint density at radius 1 is 0.812 bits per heavy atom.